The summed E-state index contributed by atoms with van der Waals surface area (Å²) in [5.41, 5.74) is 3.41. The Labute approximate surface area is 112 Å². The maximum atomic E-state index is 10.1. The molecule has 0 amide bonds. The van der Waals surface area contributed by atoms with Crippen LogP contribution in [0, 0.1) is 0 Å². The molecule has 0 fully saturated rings. The highest BCUT2D eigenvalue weighted by molar-refractivity contribution is 7.07. The minimum Gasteiger partial charge on any atom is -0.388 e. The van der Waals surface area contributed by atoms with Crippen LogP contribution in [0.15, 0.2) is 41.1 Å². The minimum absolute atomic E-state index is 0.388. The molecule has 0 saturated heterocycles. The highest BCUT2D eigenvalue weighted by atomic mass is 32.1. The zero-order valence-corrected chi connectivity index (χ0v) is 11.3. The summed E-state index contributed by atoms with van der Waals surface area (Å²) >= 11 is 1.70. The molecule has 0 aliphatic carbocycles. The Morgan fingerprint density at radius 2 is 1.94 bits per heavy atom. The lowest BCUT2D eigenvalue weighted by Crippen LogP contribution is -1.99. The van der Waals surface area contributed by atoms with E-state index >= 15 is 0 Å². The first-order chi connectivity index (χ1) is 8.79. The lowest BCUT2D eigenvalue weighted by atomic mass is 10.0. The molecule has 1 heterocycles. The fourth-order valence-corrected chi connectivity index (χ4v) is 2.61. The van der Waals surface area contributed by atoms with Crippen molar-refractivity contribution in [3.63, 3.8) is 0 Å². The first-order valence-electron chi connectivity index (χ1n) is 6.06. The maximum absolute atomic E-state index is 10.1. The van der Waals surface area contributed by atoms with E-state index in [1.54, 1.807) is 18.4 Å². The molecule has 1 N–H and O–H groups in total. The molecule has 2 nitrogen and oxygen atoms in total. The monoisotopic (exact) mass is 262 g/mol. The van der Waals surface area contributed by atoms with Crippen LogP contribution in [0.5, 0.6) is 0 Å². The number of aliphatic hydroxyl groups excluding tert-OH is 1. The van der Waals surface area contributed by atoms with Crippen LogP contribution in [0.25, 0.3) is 0 Å². The molecule has 1 aromatic heterocycles. The van der Waals surface area contributed by atoms with Crippen LogP contribution in [0.3, 0.4) is 0 Å². The quantitative estimate of drug-likeness (QED) is 0.862. The summed E-state index contributed by atoms with van der Waals surface area (Å²) in [6.45, 7) is 0.616. The molecule has 0 bridgehead atoms. The smallest absolute Gasteiger partial charge is 0.0793 e. The topological polar surface area (TPSA) is 29.5 Å². The van der Waals surface area contributed by atoms with E-state index in [2.05, 4.69) is 16.8 Å². The number of hydrogen-bond donors (Lipinski definition) is 1. The maximum Gasteiger partial charge on any atom is 0.0793 e. The van der Waals surface area contributed by atoms with Gasteiger partial charge in [-0.15, -0.1) is 0 Å². The summed E-state index contributed by atoms with van der Waals surface area (Å²) < 4.78 is 5.06. The standard InChI is InChI=1S/C15H18O2S/c1-17-10-12-2-5-14(6-3-12)15(16)7-4-13-8-9-18-11-13/h2-3,5-6,8-9,11,15-16H,4,7,10H2,1H3. The fourth-order valence-electron chi connectivity index (χ4n) is 1.91. The van der Waals surface area contributed by atoms with Gasteiger partial charge in [-0.1, -0.05) is 24.3 Å². The molecule has 0 saturated carbocycles. The van der Waals surface area contributed by atoms with Gasteiger partial charge >= 0.3 is 0 Å². The summed E-state index contributed by atoms with van der Waals surface area (Å²) in [5.74, 6) is 0. The van der Waals surface area contributed by atoms with E-state index in [0.717, 1.165) is 24.0 Å². The number of methoxy groups -OCH3 is 1. The van der Waals surface area contributed by atoms with Crippen LogP contribution in [0.1, 0.15) is 29.2 Å². The van der Waals surface area contributed by atoms with Gasteiger partial charge in [0.1, 0.15) is 0 Å². The third kappa shape index (κ3) is 3.67. The Morgan fingerprint density at radius 3 is 2.56 bits per heavy atom. The second-order valence-electron chi connectivity index (χ2n) is 4.36. The number of aryl methyl sites for hydroxylation is 1. The largest absolute Gasteiger partial charge is 0.388 e. The Balaban J connectivity index is 1.89. The van der Waals surface area contributed by atoms with Gasteiger partial charge in [-0.3, -0.25) is 0 Å². The molecule has 96 valence electrons. The average Bonchev–Trinajstić information content (AvgIpc) is 2.90. The Hall–Kier alpha value is -1.16. The second-order valence-corrected chi connectivity index (χ2v) is 5.14. The highest BCUT2D eigenvalue weighted by Gasteiger charge is 2.07. The van der Waals surface area contributed by atoms with Crippen LogP contribution in [-0.4, -0.2) is 12.2 Å². The van der Waals surface area contributed by atoms with Crippen LogP contribution < -0.4 is 0 Å². The third-order valence-corrected chi connectivity index (χ3v) is 3.69. The number of ether oxygens (including phenoxy) is 1. The lowest BCUT2D eigenvalue weighted by Gasteiger charge is -2.11. The molecule has 2 rings (SSSR count). The van der Waals surface area contributed by atoms with Crippen molar-refractivity contribution in [1.82, 2.24) is 0 Å². The molecule has 1 atom stereocenters. The van der Waals surface area contributed by atoms with Crippen molar-refractivity contribution < 1.29 is 9.84 Å². The van der Waals surface area contributed by atoms with E-state index < -0.39 is 0 Å². The van der Waals surface area contributed by atoms with Crippen molar-refractivity contribution in [1.29, 1.82) is 0 Å². The van der Waals surface area contributed by atoms with Gasteiger partial charge in [0.25, 0.3) is 0 Å². The first kappa shape index (κ1) is 13.3. The van der Waals surface area contributed by atoms with E-state index in [-0.39, 0.29) is 6.10 Å². The Morgan fingerprint density at radius 1 is 1.17 bits per heavy atom. The number of aliphatic hydroxyl groups is 1. The zero-order chi connectivity index (χ0) is 12.8. The van der Waals surface area contributed by atoms with E-state index in [1.165, 1.54) is 5.56 Å². The van der Waals surface area contributed by atoms with Gasteiger partial charge in [0.05, 0.1) is 12.7 Å². The van der Waals surface area contributed by atoms with Gasteiger partial charge in [0, 0.05) is 7.11 Å². The number of benzene rings is 1. The minimum atomic E-state index is -0.388. The molecule has 1 aromatic carbocycles. The lowest BCUT2D eigenvalue weighted by molar-refractivity contribution is 0.167. The van der Waals surface area contributed by atoms with Crippen molar-refractivity contribution in [3.05, 3.63) is 57.8 Å². The van der Waals surface area contributed by atoms with Crippen LogP contribution >= 0.6 is 11.3 Å². The van der Waals surface area contributed by atoms with Crippen LogP contribution in [0.2, 0.25) is 0 Å². The van der Waals surface area contributed by atoms with E-state index in [4.69, 9.17) is 4.74 Å². The summed E-state index contributed by atoms with van der Waals surface area (Å²) in [6.07, 6.45) is 1.30. The molecule has 0 spiro atoms. The highest BCUT2D eigenvalue weighted by Crippen LogP contribution is 2.20. The van der Waals surface area contributed by atoms with Gasteiger partial charge < -0.3 is 9.84 Å². The molecule has 0 aliphatic heterocycles. The average molecular weight is 262 g/mol. The molecule has 18 heavy (non-hydrogen) atoms. The Kier molecular flexibility index (Phi) is 4.93. The predicted molar refractivity (Wildman–Crippen MR) is 74.8 cm³/mol. The van der Waals surface area contributed by atoms with Crippen molar-refractivity contribution in [3.8, 4) is 0 Å². The molecule has 0 radical (unpaired) electrons. The summed E-state index contributed by atoms with van der Waals surface area (Å²) in [6, 6.07) is 10.1. The number of rotatable bonds is 6. The summed E-state index contributed by atoms with van der Waals surface area (Å²) in [7, 11) is 1.68. The molecule has 3 heteroatoms. The van der Waals surface area contributed by atoms with Crippen LogP contribution in [0.4, 0.5) is 0 Å². The first-order valence-corrected chi connectivity index (χ1v) is 7.01. The summed E-state index contributed by atoms with van der Waals surface area (Å²) in [5, 5.41) is 14.3. The third-order valence-electron chi connectivity index (χ3n) is 2.96. The number of thiophene rings is 1. The van der Waals surface area contributed by atoms with Gasteiger partial charge in [-0.05, 0) is 46.4 Å². The van der Waals surface area contributed by atoms with Gasteiger partial charge in [-0.2, -0.15) is 11.3 Å². The van der Waals surface area contributed by atoms with Crippen LogP contribution in [-0.2, 0) is 17.8 Å². The van der Waals surface area contributed by atoms with E-state index in [0.29, 0.717) is 6.61 Å². The number of hydrogen-bond acceptors (Lipinski definition) is 3. The van der Waals surface area contributed by atoms with E-state index in [1.807, 2.05) is 24.3 Å². The Bertz CT molecular complexity index is 448. The molecule has 2 aromatic rings. The predicted octanol–water partition coefficient (Wildman–Crippen LogP) is 3.56. The second kappa shape index (κ2) is 6.69. The summed E-state index contributed by atoms with van der Waals surface area (Å²) in [4.78, 5) is 0. The molecular formula is C15H18O2S. The molecular weight excluding hydrogens is 244 g/mol. The van der Waals surface area contributed by atoms with Crippen molar-refractivity contribution >= 4 is 11.3 Å². The van der Waals surface area contributed by atoms with Crippen molar-refractivity contribution in [2.24, 2.45) is 0 Å². The molecule has 0 aliphatic rings. The van der Waals surface area contributed by atoms with Gasteiger partial charge in [-0.25, -0.2) is 0 Å². The van der Waals surface area contributed by atoms with E-state index in [9.17, 15) is 5.11 Å². The van der Waals surface area contributed by atoms with Crippen molar-refractivity contribution in [2.75, 3.05) is 7.11 Å². The van der Waals surface area contributed by atoms with Crippen molar-refractivity contribution in [2.45, 2.75) is 25.6 Å². The zero-order valence-electron chi connectivity index (χ0n) is 10.5. The van der Waals surface area contributed by atoms with Gasteiger partial charge in [0.2, 0.25) is 0 Å². The fraction of sp³-hybridized carbons (Fsp3) is 0.333. The normalized spacial score (nSPS) is 12.6. The molecule has 1 unspecified atom stereocenters. The SMILES string of the molecule is COCc1ccc(C(O)CCc2ccsc2)cc1. The van der Waals surface area contributed by atoms with Gasteiger partial charge in [0.15, 0.2) is 0 Å².